The van der Waals surface area contributed by atoms with Crippen LogP contribution < -0.4 is 0 Å². The van der Waals surface area contributed by atoms with Gasteiger partial charge in [-0.25, -0.2) is 0 Å². The van der Waals surface area contributed by atoms with E-state index in [-0.39, 0.29) is 18.2 Å². The van der Waals surface area contributed by atoms with Crippen LogP contribution in [0.4, 0.5) is 0 Å². The molecule has 0 atom stereocenters. The molecule has 0 bridgehead atoms. The van der Waals surface area contributed by atoms with Crippen LogP contribution >= 0.6 is 0 Å². The molecule has 0 aliphatic rings. The van der Waals surface area contributed by atoms with Gasteiger partial charge >= 0.3 is 5.97 Å². The molecule has 0 saturated heterocycles. The van der Waals surface area contributed by atoms with E-state index in [0.29, 0.717) is 24.2 Å². The number of hydrogen-bond acceptors (Lipinski definition) is 4. The minimum absolute atomic E-state index is 0.0807. The monoisotopic (exact) mass is 280 g/mol. The van der Waals surface area contributed by atoms with Crippen LogP contribution in [-0.4, -0.2) is 65.6 Å². The second kappa shape index (κ2) is 6.91. The van der Waals surface area contributed by atoms with Gasteiger partial charge in [-0.2, -0.15) is 0 Å². The Morgan fingerprint density at radius 2 is 1.85 bits per heavy atom. The molecule has 0 heterocycles. The van der Waals surface area contributed by atoms with Gasteiger partial charge < -0.3 is 20.0 Å². The van der Waals surface area contributed by atoms with Crippen molar-refractivity contribution < 1.29 is 19.8 Å². The van der Waals surface area contributed by atoms with Gasteiger partial charge in [-0.1, -0.05) is 0 Å². The Balaban J connectivity index is 2.93. The number of aromatic hydroxyl groups is 1. The highest BCUT2D eigenvalue weighted by molar-refractivity contribution is 5.97. The third-order valence-electron chi connectivity index (χ3n) is 2.87. The molecule has 20 heavy (non-hydrogen) atoms. The number of rotatable bonds is 6. The zero-order chi connectivity index (χ0) is 15.3. The van der Waals surface area contributed by atoms with Crippen molar-refractivity contribution in [3.8, 4) is 5.75 Å². The number of phenols is 1. The summed E-state index contributed by atoms with van der Waals surface area (Å²) in [6.45, 7) is 2.28. The van der Waals surface area contributed by atoms with Crippen molar-refractivity contribution >= 4 is 11.9 Å². The average molecular weight is 280 g/mol. The summed E-state index contributed by atoms with van der Waals surface area (Å²) in [5.41, 5.74) is 1.03. The number of carbonyl (C=O) groups is 2. The van der Waals surface area contributed by atoms with E-state index in [2.05, 4.69) is 0 Å². The normalized spacial score (nSPS) is 10.6. The van der Waals surface area contributed by atoms with E-state index in [1.165, 1.54) is 23.1 Å². The van der Waals surface area contributed by atoms with Gasteiger partial charge in [-0.05, 0) is 44.8 Å². The number of carbonyl (C=O) groups excluding carboxylic acids is 1. The van der Waals surface area contributed by atoms with Crippen LogP contribution in [-0.2, 0) is 4.79 Å². The SMILES string of the molecule is Cc1cc(O)ccc1C(=O)N(CCN(C)C)CC(=O)O. The van der Waals surface area contributed by atoms with Crippen molar-refractivity contribution in [3.63, 3.8) is 0 Å². The number of benzene rings is 1. The van der Waals surface area contributed by atoms with Gasteiger partial charge in [0.25, 0.3) is 5.91 Å². The summed E-state index contributed by atoms with van der Waals surface area (Å²) in [5.74, 6) is -1.31. The molecule has 6 nitrogen and oxygen atoms in total. The minimum atomic E-state index is -1.05. The van der Waals surface area contributed by atoms with Crippen molar-refractivity contribution in [1.82, 2.24) is 9.80 Å². The number of likely N-dealkylation sites (N-methyl/N-ethyl adjacent to an activating group) is 1. The van der Waals surface area contributed by atoms with Gasteiger partial charge in [0.1, 0.15) is 12.3 Å². The first-order chi connectivity index (χ1) is 9.31. The van der Waals surface area contributed by atoms with Gasteiger partial charge in [0, 0.05) is 18.7 Å². The summed E-state index contributed by atoms with van der Waals surface area (Å²) in [6, 6.07) is 4.42. The van der Waals surface area contributed by atoms with Crippen LogP contribution in [0, 0.1) is 6.92 Å². The molecule has 0 aromatic heterocycles. The Kier molecular flexibility index (Phi) is 5.52. The Labute approximate surface area is 118 Å². The average Bonchev–Trinajstić information content (AvgIpc) is 2.33. The molecule has 1 amide bonds. The lowest BCUT2D eigenvalue weighted by atomic mass is 10.1. The van der Waals surface area contributed by atoms with E-state index in [1.807, 2.05) is 19.0 Å². The third-order valence-corrected chi connectivity index (χ3v) is 2.87. The highest BCUT2D eigenvalue weighted by atomic mass is 16.4. The first-order valence-electron chi connectivity index (χ1n) is 6.26. The van der Waals surface area contributed by atoms with E-state index in [4.69, 9.17) is 5.11 Å². The molecule has 110 valence electrons. The van der Waals surface area contributed by atoms with E-state index in [0.717, 1.165) is 0 Å². The van der Waals surface area contributed by atoms with Crippen LogP contribution in [0.2, 0.25) is 0 Å². The molecule has 0 unspecified atom stereocenters. The zero-order valence-corrected chi connectivity index (χ0v) is 12.0. The third kappa shape index (κ3) is 4.55. The predicted molar refractivity (Wildman–Crippen MR) is 74.9 cm³/mol. The number of phenolic OH excluding ortho intramolecular Hbond substituents is 1. The fraction of sp³-hybridized carbons (Fsp3) is 0.429. The molecule has 1 aromatic rings. The van der Waals surface area contributed by atoms with Gasteiger partial charge in [-0.15, -0.1) is 0 Å². The molecule has 0 aliphatic carbocycles. The van der Waals surface area contributed by atoms with Crippen molar-refractivity contribution in [1.29, 1.82) is 0 Å². The topological polar surface area (TPSA) is 81.1 Å². The largest absolute Gasteiger partial charge is 0.508 e. The maximum absolute atomic E-state index is 12.4. The van der Waals surface area contributed by atoms with Gasteiger partial charge in [0.05, 0.1) is 0 Å². The van der Waals surface area contributed by atoms with Crippen molar-refractivity contribution in [2.75, 3.05) is 33.7 Å². The summed E-state index contributed by atoms with van der Waals surface area (Å²) in [5, 5.41) is 18.3. The Morgan fingerprint density at radius 3 is 2.35 bits per heavy atom. The van der Waals surface area contributed by atoms with Crippen LogP contribution in [0.25, 0.3) is 0 Å². The number of nitrogens with zero attached hydrogens (tertiary/aromatic N) is 2. The molecule has 0 aliphatic heterocycles. The summed E-state index contributed by atoms with van der Waals surface area (Å²) < 4.78 is 0. The number of aryl methyl sites for hydroxylation is 1. The molecule has 2 N–H and O–H groups in total. The molecule has 0 saturated carbocycles. The maximum atomic E-state index is 12.4. The van der Waals surface area contributed by atoms with Crippen molar-refractivity contribution in [2.24, 2.45) is 0 Å². The van der Waals surface area contributed by atoms with Crippen LogP contribution in [0.5, 0.6) is 5.75 Å². The summed E-state index contributed by atoms with van der Waals surface area (Å²) in [6.07, 6.45) is 0. The molecular weight excluding hydrogens is 260 g/mol. The summed E-state index contributed by atoms with van der Waals surface area (Å²) in [4.78, 5) is 26.4. The highest BCUT2D eigenvalue weighted by Crippen LogP contribution is 2.17. The molecule has 1 aromatic carbocycles. The Hall–Kier alpha value is -2.08. The van der Waals surface area contributed by atoms with Crippen LogP contribution in [0.1, 0.15) is 15.9 Å². The molecule has 0 spiro atoms. The first-order valence-corrected chi connectivity index (χ1v) is 6.26. The fourth-order valence-electron chi connectivity index (χ4n) is 1.79. The first kappa shape index (κ1) is 16.0. The van der Waals surface area contributed by atoms with Gasteiger partial charge in [0.2, 0.25) is 0 Å². The number of carboxylic acids is 1. The van der Waals surface area contributed by atoms with E-state index >= 15 is 0 Å². The molecule has 1 rings (SSSR count). The summed E-state index contributed by atoms with van der Waals surface area (Å²) in [7, 11) is 3.71. The van der Waals surface area contributed by atoms with Crippen LogP contribution in [0.15, 0.2) is 18.2 Å². The van der Waals surface area contributed by atoms with Gasteiger partial charge in [-0.3, -0.25) is 9.59 Å². The molecule has 6 heteroatoms. The quantitative estimate of drug-likeness (QED) is 0.805. The number of amides is 1. The molecule has 0 fully saturated rings. The highest BCUT2D eigenvalue weighted by Gasteiger charge is 2.20. The fourth-order valence-corrected chi connectivity index (χ4v) is 1.79. The zero-order valence-electron chi connectivity index (χ0n) is 12.0. The standard InChI is InChI=1S/C14H20N2O4/c1-10-8-11(17)4-5-12(10)14(20)16(9-13(18)19)7-6-15(2)3/h4-5,8,17H,6-7,9H2,1-3H3,(H,18,19). The second-order valence-electron chi connectivity index (χ2n) is 4.92. The Bertz CT molecular complexity index is 500. The molecular formula is C14H20N2O4. The lowest BCUT2D eigenvalue weighted by Gasteiger charge is -2.23. The van der Waals surface area contributed by atoms with Crippen LogP contribution in [0.3, 0.4) is 0 Å². The van der Waals surface area contributed by atoms with Crippen molar-refractivity contribution in [2.45, 2.75) is 6.92 Å². The lowest BCUT2D eigenvalue weighted by Crippen LogP contribution is -2.40. The van der Waals surface area contributed by atoms with Gasteiger partial charge in [0.15, 0.2) is 0 Å². The predicted octanol–water partition coefficient (Wildman–Crippen LogP) is 0.789. The minimum Gasteiger partial charge on any atom is -0.508 e. The molecule has 0 radical (unpaired) electrons. The number of carboxylic acid groups (broad SMARTS) is 1. The maximum Gasteiger partial charge on any atom is 0.323 e. The smallest absolute Gasteiger partial charge is 0.323 e. The lowest BCUT2D eigenvalue weighted by molar-refractivity contribution is -0.137. The van der Waals surface area contributed by atoms with E-state index < -0.39 is 5.97 Å². The second-order valence-corrected chi connectivity index (χ2v) is 4.92. The Morgan fingerprint density at radius 1 is 1.20 bits per heavy atom. The number of hydrogen-bond donors (Lipinski definition) is 2. The number of aliphatic carboxylic acids is 1. The van der Waals surface area contributed by atoms with Crippen molar-refractivity contribution in [3.05, 3.63) is 29.3 Å². The summed E-state index contributed by atoms with van der Waals surface area (Å²) >= 11 is 0. The van der Waals surface area contributed by atoms with E-state index in [9.17, 15) is 14.7 Å². The van der Waals surface area contributed by atoms with E-state index in [1.54, 1.807) is 6.92 Å².